The lowest BCUT2D eigenvalue weighted by atomic mass is 10.1. The molecular formula is C20H34IN7O. The zero-order valence-corrected chi connectivity index (χ0v) is 20.3. The van der Waals surface area contributed by atoms with Crippen molar-refractivity contribution >= 4 is 29.9 Å². The molecule has 3 rings (SSSR count). The molecule has 1 aliphatic heterocycles. The van der Waals surface area contributed by atoms with E-state index in [9.17, 15) is 0 Å². The second-order valence-corrected chi connectivity index (χ2v) is 7.13. The molecule has 0 aliphatic carbocycles. The molecule has 29 heavy (non-hydrogen) atoms. The Kier molecular flexibility index (Phi) is 9.41. The highest BCUT2D eigenvalue weighted by atomic mass is 127. The van der Waals surface area contributed by atoms with Gasteiger partial charge in [-0.05, 0) is 19.8 Å². The van der Waals surface area contributed by atoms with Crippen LogP contribution in [0, 0.1) is 0 Å². The van der Waals surface area contributed by atoms with Crippen LogP contribution < -0.4 is 5.32 Å². The first-order valence-electron chi connectivity index (χ1n) is 10.3. The molecule has 0 radical (unpaired) electrons. The number of rotatable bonds is 7. The molecule has 1 fully saturated rings. The molecular weight excluding hydrogens is 481 g/mol. The Balaban J connectivity index is 0.00000300. The fourth-order valence-corrected chi connectivity index (χ4v) is 3.82. The number of aliphatic imine (C=N–C) groups is 1. The maximum Gasteiger partial charge on any atom is 0.194 e. The van der Waals surface area contributed by atoms with Crippen LogP contribution in [0.5, 0.6) is 0 Å². The number of nitrogens with zero attached hydrogens (tertiary/aromatic N) is 6. The van der Waals surface area contributed by atoms with Gasteiger partial charge in [0, 0.05) is 63.6 Å². The summed E-state index contributed by atoms with van der Waals surface area (Å²) >= 11 is 0. The Morgan fingerprint density at radius 2 is 1.93 bits per heavy atom. The third kappa shape index (κ3) is 5.94. The molecule has 0 saturated carbocycles. The summed E-state index contributed by atoms with van der Waals surface area (Å²) in [4.78, 5) is 9.73. The van der Waals surface area contributed by atoms with Crippen LogP contribution >= 0.6 is 24.0 Å². The van der Waals surface area contributed by atoms with E-state index in [1.807, 2.05) is 17.8 Å². The summed E-state index contributed by atoms with van der Waals surface area (Å²) in [7, 11) is 2.03. The number of halogens is 1. The van der Waals surface area contributed by atoms with Crippen molar-refractivity contribution in [2.45, 2.75) is 46.7 Å². The second-order valence-electron chi connectivity index (χ2n) is 7.13. The predicted molar refractivity (Wildman–Crippen MR) is 126 cm³/mol. The van der Waals surface area contributed by atoms with Gasteiger partial charge in [-0.2, -0.15) is 5.10 Å². The van der Waals surface area contributed by atoms with Gasteiger partial charge in [-0.25, -0.2) is 4.99 Å². The number of aryl methyl sites for hydroxylation is 2. The van der Waals surface area contributed by atoms with Crippen LogP contribution in [0.1, 0.15) is 43.4 Å². The number of hydrogen-bond acceptors (Lipinski definition) is 5. The van der Waals surface area contributed by atoms with Crippen molar-refractivity contribution in [2.75, 3.05) is 32.7 Å². The van der Waals surface area contributed by atoms with E-state index < -0.39 is 0 Å². The number of hydrogen-bond donors (Lipinski definition) is 1. The molecule has 162 valence electrons. The zero-order valence-electron chi connectivity index (χ0n) is 18.0. The number of nitrogens with one attached hydrogen (secondary N) is 1. The van der Waals surface area contributed by atoms with Crippen LogP contribution in [0.3, 0.4) is 0 Å². The first-order valence-corrected chi connectivity index (χ1v) is 10.3. The van der Waals surface area contributed by atoms with Crippen molar-refractivity contribution in [1.82, 2.24) is 30.1 Å². The molecule has 9 heteroatoms. The molecule has 2 aromatic rings. The average Bonchev–Trinajstić information content (AvgIpc) is 3.32. The molecule has 2 aromatic heterocycles. The van der Waals surface area contributed by atoms with E-state index in [1.54, 1.807) is 6.26 Å². The molecule has 0 aromatic carbocycles. The molecule has 0 bridgehead atoms. The van der Waals surface area contributed by atoms with Gasteiger partial charge in [0.1, 0.15) is 6.26 Å². The minimum Gasteiger partial charge on any atom is -0.364 e. The summed E-state index contributed by atoms with van der Waals surface area (Å²) in [5.41, 5.74) is 4.72. The van der Waals surface area contributed by atoms with E-state index in [-0.39, 0.29) is 24.0 Å². The quantitative estimate of drug-likeness (QED) is 0.347. The van der Waals surface area contributed by atoms with Crippen LogP contribution in [0.4, 0.5) is 0 Å². The van der Waals surface area contributed by atoms with Crippen molar-refractivity contribution in [3.8, 4) is 0 Å². The number of aromatic nitrogens is 3. The van der Waals surface area contributed by atoms with Crippen LogP contribution in [0.15, 0.2) is 21.8 Å². The Hall–Kier alpha value is -1.62. The normalized spacial score (nSPS) is 15.4. The SMILES string of the molecule is CCNC(=NCc1c(CC)nn(C)c1CC)N1CCN(Cc2ccon2)CC1.I. The summed E-state index contributed by atoms with van der Waals surface area (Å²) in [6, 6.07) is 1.93. The summed E-state index contributed by atoms with van der Waals surface area (Å²) in [6.45, 7) is 12.7. The van der Waals surface area contributed by atoms with Crippen LogP contribution in [0.25, 0.3) is 0 Å². The molecule has 0 amide bonds. The van der Waals surface area contributed by atoms with Crippen LogP contribution in [-0.4, -0.2) is 63.4 Å². The lowest BCUT2D eigenvalue weighted by Gasteiger charge is -2.36. The average molecular weight is 515 g/mol. The van der Waals surface area contributed by atoms with E-state index in [2.05, 4.69) is 46.1 Å². The third-order valence-electron chi connectivity index (χ3n) is 5.30. The highest BCUT2D eigenvalue weighted by Crippen LogP contribution is 2.17. The largest absolute Gasteiger partial charge is 0.364 e. The highest BCUT2D eigenvalue weighted by molar-refractivity contribution is 14.0. The van der Waals surface area contributed by atoms with E-state index in [4.69, 9.17) is 9.52 Å². The summed E-state index contributed by atoms with van der Waals surface area (Å²) in [5.74, 6) is 0.997. The van der Waals surface area contributed by atoms with Gasteiger partial charge in [-0.3, -0.25) is 9.58 Å². The van der Waals surface area contributed by atoms with E-state index in [0.717, 1.165) is 69.5 Å². The fourth-order valence-electron chi connectivity index (χ4n) is 3.82. The van der Waals surface area contributed by atoms with Gasteiger partial charge in [0.05, 0.1) is 17.9 Å². The molecule has 0 unspecified atom stereocenters. The van der Waals surface area contributed by atoms with Gasteiger partial charge < -0.3 is 14.7 Å². The van der Waals surface area contributed by atoms with Crippen molar-refractivity contribution in [3.63, 3.8) is 0 Å². The molecule has 0 atom stereocenters. The van der Waals surface area contributed by atoms with Gasteiger partial charge in [0.15, 0.2) is 5.96 Å². The summed E-state index contributed by atoms with van der Waals surface area (Å²) < 4.78 is 6.95. The molecule has 0 spiro atoms. The van der Waals surface area contributed by atoms with Gasteiger partial charge in [-0.15, -0.1) is 24.0 Å². The Morgan fingerprint density at radius 3 is 2.52 bits per heavy atom. The molecule has 3 heterocycles. The Bertz CT molecular complexity index is 764. The topological polar surface area (TPSA) is 74.7 Å². The lowest BCUT2D eigenvalue weighted by molar-refractivity contribution is 0.169. The second kappa shape index (κ2) is 11.5. The maximum atomic E-state index is 4.97. The van der Waals surface area contributed by atoms with Gasteiger partial charge in [-0.1, -0.05) is 19.0 Å². The van der Waals surface area contributed by atoms with Gasteiger partial charge >= 0.3 is 0 Å². The summed E-state index contributed by atoms with van der Waals surface area (Å²) in [5, 5.41) is 12.2. The first kappa shape index (κ1) is 23.7. The molecule has 1 aliphatic rings. The Labute approximate surface area is 190 Å². The third-order valence-corrected chi connectivity index (χ3v) is 5.30. The minimum atomic E-state index is 0. The summed E-state index contributed by atoms with van der Waals surface area (Å²) in [6.07, 6.45) is 3.55. The molecule has 1 N–H and O–H groups in total. The standard InChI is InChI=1S/C20H33N7O.HI/c1-5-18-17(19(6-2)25(4)23-18)14-22-20(21-7-3)27-11-9-26(10-12-27)15-16-8-13-28-24-16;/h8,13H,5-7,9-12,14-15H2,1-4H3,(H,21,22);1H. The minimum absolute atomic E-state index is 0. The maximum absolute atomic E-state index is 4.97. The van der Waals surface area contributed by atoms with Crippen molar-refractivity contribution < 1.29 is 4.52 Å². The Morgan fingerprint density at radius 1 is 1.17 bits per heavy atom. The molecule has 8 nitrogen and oxygen atoms in total. The first-order chi connectivity index (χ1) is 13.7. The predicted octanol–water partition coefficient (Wildman–Crippen LogP) is 2.43. The van der Waals surface area contributed by atoms with Crippen molar-refractivity contribution in [3.05, 3.63) is 35.0 Å². The van der Waals surface area contributed by atoms with Crippen molar-refractivity contribution in [1.29, 1.82) is 0 Å². The van der Waals surface area contributed by atoms with Gasteiger partial charge in [0.2, 0.25) is 0 Å². The fraction of sp³-hybridized carbons (Fsp3) is 0.650. The van der Waals surface area contributed by atoms with Crippen molar-refractivity contribution in [2.24, 2.45) is 12.0 Å². The van der Waals surface area contributed by atoms with E-state index >= 15 is 0 Å². The number of guanidine groups is 1. The van der Waals surface area contributed by atoms with E-state index in [1.165, 1.54) is 11.3 Å². The van der Waals surface area contributed by atoms with Crippen LogP contribution in [0.2, 0.25) is 0 Å². The number of piperazine rings is 1. The zero-order chi connectivity index (χ0) is 19.9. The smallest absolute Gasteiger partial charge is 0.194 e. The van der Waals surface area contributed by atoms with Gasteiger partial charge in [0.25, 0.3) is 0 Å². The highest BCUT2D eigenvalue weighted by Gasteiger charge is 2.21. The van der Waals surface area contributed by atoms with Crippen LogP contribution in [-0.2, 0) is 33.0 Å². The monoisotopic (exact) mass is 515 g/mol. The lowest BCUT2D eigenvalue weighted by Crippen LogP contribution is -2.52. The van der Waals surface area contributed by atoms with E-state index in [0.29, 0.717) is 6.54 Å². The molecule has 1 saturated heterocycles.